The molecule has 6 nitrogen and oxygen atoms in total. The second-order valence-electron chi connectivity index (χ2n) is 7.88. The van der Waals surface area contributed by atoms with Crippen LogP contribution in [0.2, 0.25) is 0 Å². The van der Waals surface area contributed by atoms with Crippen LogP contribution in [0.25, 0.3) is 21.9 Å². The monoisotopic (exact) mass is 425 g/mol. The Morgan fingerprint density at radius 3 is 2.69 bits per heavy atom. The van der Waals surface area contributed by atoms with Crippen molar-refractivity contribution in [1.29, 1.82) is 0 Å². The number of nitrogens with zero attached hydrogens (tertiary/aromatic N) is 3. The highest BCUT2D eigenvalue weighted by Gasteiger charge is 2.31. The third-order valence-corrected chi connectivity index (χ3v) is 6.01. The zero-order valence-electron chi connectivity index (χ0n) is 15.9. The molecular weight excluding hydrogens is 403 g/mol. The average molecular weight is 425 g/mol. The first-order valence-corrected chi connectivity index (χ1v) is 9.99. The average Bonchev–Trinajstić information content (AvgIpc) is 3.10. The summed E-state index contributed by atoms with van der Waals surface area (Å²) >= 11 is 5.33. The molecule has 3 heterocycles. The van der Waals surface area contributed by atoms with Crippen LogP contribution < -0.4 is 5.69 Å². The zero-order chi connectivity index (χ0) is 20.8. The minimum Gasteiger partial charge on any atom is -0.346 e. The quantitative estimate of drug-likeness (QED) is 0.616. The predicted octanol–water partition coefficient (Wildman–Crippen LogP) is 4.16. The molecule has 29 heavy (non-hydrogen) atoms. The van der Waals surface area contributed by atoms with E-state index in [0.29, 0.717) is 16.8 Å². The third kappa shape index (κ3) is 4.09. The van der Waals surface area contributed by atoms with Crippen molar-refractivity contribution < 1.29 is 13.2 Å². The van der Waals surface area contributed by atoms with Crippen LogP contribution in [0.1, 0.15) is 31.7 Å². The number of aromatic nitrogens is 4. The summed E-state index contributed by atoms with van der Waals surface area (Å²) in [7, 11) is 1.50. The van der Waals surface area contributed by atoms with Crippen molar-refractivity contribution in [3.8, 4) is 0 Å². The molecule has 0 radical (unpaired) electrons. The molecule has 0 saturated heterocycles. The van der Waals surface area contributed by atoms with E-state index in [1.54, 1.807) is 17.0 Å². The molecule has 0 bridgehead atoms. The first-order valence-electron chi connectivity index (χ1n) is 9.59. The number of aromatic amines is 2. The number of H-pyrrole nitrogens is 2. The molecule has 0 spiro atoms. The molecule has 1 aliphatic rings. The van der Waals surface area contributed by atoms with Crippen LogP contribution >= 0.6 is 12.2 Å². The Morgan fingerprint density at radius 1 is 1.28 bits per heavy atom. The van der Waals surface area contributed by atoms with E-state index in [0.717, 1.165) is 42.0 Å². The van der Waals surface area contributed by atoms with Crippen molar-refractivity contribution in [1.82, 2.24) is 24.4 Å². The highest BCUT2D eigenvalue weighted by molar-refractivity contribution is 7.71. The molecule has 0 aromatic carbocycles. The lowest BCUT2D eigenvalue weighted by Gasteiger charge is -2.32. The largest absolute Gasteiger partial charge is 0.401 e. The highest BCUT2D eigenvalue weighted by atomic mass is 32.1. The molecule has 1 aliphatic carbocycles. The van der Waals surface area contributed by atoms with Gasteiger partial charge in [-0.15, -0.1) is 0 Å². The van der Waals surface area contributed by atoms with E-state index >= 15 is 0 Å². The molecule has 156 valence electrons. The van der Waals surface area contributed by atoms with E-state index in [-0.39, 0.29) is 17.6 Å². The van der Waals surface area contributed by atoms with Gasteiger partial charge in [0.2, 0.25) is 0 Å². The lowest BCUT2D eigenvalue weighted by Crippen LogP contribution is -2.36. The van der Waals surface area contributed by atoms with Crippen LogP contribution in [-0.4, -0.2) is 50.7 Å². The highest BCUT2D eigenvalue weighted by Crippen LogP contribution is 2.35. The summed E-state index contributed by atoms with van der Waals surface area (Å²) < 4.78 is 39.8. The third-order valence-electron chi connectivity index (χ3n) is 5.68. The first kappa shape index (κ1) is 20.1. The van der Waals surface area contributed by atoms with Gasteiger partial charge in [0.1, 0.15) is 10.3 Å². The summed E-state index contributed by atoms with van der Waals surface area (Å²) in [6, 6.07) is 1.86. The Bertz CT molecular complexity index is 1140. The molecule has 3 aromatic rings. The predicted molar refractivity (Wildman–Crippen MR) is 108 cm³/mol. The molecule has 0 unspecified atom stereocenters. The van der Waals surface area contributed by atoms with E-state index in [9.17, 15) is 18.0 Å². The Hall–Kier alpha value is -2.20. The number of hydrogen-bond acceptors (Lipinski definition) is 4. The van der Waals surface area contributed by atoms with Crippen molar-refractivity contribution in [2.24, 2.45) is 5.92 Å². The van der Waals surface area contributed by atoms with Gasteiger partial charge in [-0.3, -0.25) is 14.5 Å². The van der Waals surface area contributed by atoms with E-state index in [1.807, 2.05) is 6.07 Å². The van der Waals surface area contributed by atoms with Gasteiger partial charge >= 0.3 is 11.9 Å². The second-order valence-corrected chi connectivity index (χ2v) is 8.28. The molecule has 0 amide bonds. The van der Waals surface area contributed by atoms with Crippen LogP contribution in [0.15, 0.2) is 23.3 Å². The second kappa shape index (κ2) is 7.56. The van der Waals surface area contributed by atoms with Crippen molar-refractivity contribution >= 4 is 34.2 Å². The number of alkyl halides is 3. The van der Waals surface area contributed by atoms with Gasteiger partial charge in [0.25, 0.3) is 0 Å². The SMILES string of the molecule is CN(CC1CCC(n2c(=O)[nH]c(=S)c3cnc4[nH]ccc4c32)CC1)CC(F)(F)F. The topological polar surface area (TPSA) is 69.7 Å². The van der Waals surface area contributed by atoms with Gasteiger partial charge in [-0.2, -0.15) is 13.2 Å². The van der Waals surface area contributed by atoms with Gasteiger partial charge in [0, 0.05) is 30.4 Å². The summed E-state index contributed by atoms with van der Waals surface area (Å²) in [4.78, 5) is 24.3. The molecule has 1 fully saturated rings. The summed E-state index contributed by atoms with van der Waals surface area (Å²) in [5.41, 5.74) is 1.20. The maximum atomic E-state index is 12.8. The van der Waals surface area contributed by atoms with E-state index in [4.69, 9.17) is 12.2 Å². The fourth-order valence-electron chi connectivity index (χ4n) is 4.49. The van der Waals surface area contributed by atoms with Gasteiger partial charge in [0.05, 0.1) is 17.4 Å². The number of pyridine rings is 1. The number of hydrogen-bond donors (Lipinski definition) is 2. The Kier molecular flexibility index (Phi) is 5.24. The minimum atomic E-state index is -4.18. The molecule has 2 N–H and O–H groups in total. The Labute approximate surface area is 169 Å². The van der Waals surface area contributed by atoms with Crippen molar-refractivity contribution in [2.45, 2.75) is 37.9 Å². The number of fused-ring (bicyclic) bond motifs is 3. The van der Waals surface area contributed by atoms with E-state index in [2.05, 4.69) is 15.0 Å². The first-order chi connectivity index (χ1) is 13.7. The van der Waals surface area contributed by atoms with E-state index in [1.165, 1.54) is 11.9 Å². The molecule has 4 rings (SSSR count). The zero-order valence-corrected chi connectivity index (χ0v) is 16.7. The number of nitrogens with one attached hydrogen (secondary N) is 2. The van der Waals surface area contributed by atoms with Crippen LogP contribution in [0.5, 0.6) is 0 Å². The molecule has 10 heteroatoms. The van der Waals surface area contributed by atoms with Gasteiger partial charge < -0.3 is 4.98 Å². The van der Waals surface area contributed by atoms with Crippen LogP contribution in [0, 0.1) is 10.6 Å². The minimum absolute atomic E-state index is 0.0264. The molecule has 0 aliphatic heterocycles. The van der Waals surface area contributed by atoms with Crippen LogP contribution in [0.3, 0.4) is 0 Å². The normalized spacial score (nSPS) is 20.7. The molecule has 3 aromatic heterocycles. The van der Waals surface area contributed by atoms with Crippen LogP contribution in [-0.2, 0) is 0 Å². The lowest BCUT2D eigenvalue weighted by molar-refractivity contribution is -0.144. The lowest BCUT2D eigenvalue weighted by atomic mass is 9.85. The summed E-state index contributed by atoms with van der Waals surface area (Å²) in [6.45, 7) is -0.490. The molecule has 0 atom stereocenters. The Balaban J connectivity index is 1.60. The summed E-state index contributed by atoms with van der Waals surface area (Å²) in [6.07, 6.45) is 2.28. The molecular formula is C19H22F3N5OS. The van der Waals surface area contributed by atoms with Gasteiger partial charge in [-0.25, -0.2) is 9.78 Å². The van der Waals surface area contributed by atoms with Gasteiger partial charge in [0.15, 0.2) is 0 Å². The molecule has 1 saturated carbocycles. The van der Waals surface area contributed by atoms with Crippen molar-refractivity contribution in [3.05, 3.63) is 33.6 Å². The van der Waals surface area contributed by atoms with Crippen molar-refractivity contribution in [2.75, 3.05) is 20.1 Å². The smallest absolute Gasteiger partial charge is 0.346 e. The maximum absolute atomic E-state index is 12.8. The number of halogens is 3. The summed E-state index contributed by atoms with van der Waals surface area (Å²) in [5, 5.41) is 1.56. The fraction of sp³-hybridized carbons (Fsp3) is 0.526. The fourth-order valence-corrected chi connectivity index (χ4v) is 4.73. The standard InChI is InChI=1S/C19H22F3N5OS/c1-26(10-19(20,21)22)9-11-2-4-12(5-3-11)27-15-13-6-7-23-16(13)24-8-14(15)17(29)25-18(27)28/h6-8,11-12H,2-5,9-10H2,1H3,(H,23,24)(H,25,28,29). The van der Waals surface area contributed by atoms with E-state index < -0.39 is 12.7 Å². The number of rotatable bonds is 4. The van der Waals surface area contributed by atoms with Crippen LogP contribution in [0.4, 0.5) is 13.2 Å². The maximum Gasteiger partial charge on any atom is 0.401 e. The summed E-state index contributed by atoms with van der Waals surface area (Å²) in [5.74, 6) is 0.191. The van der Waals surface area contributed by atoms with Gasteiger partial charge in [-0.05, 0) is 44.7 Å². The van der Waals surface area contributed by atoms with Gasteiger partial charge in [-0.1, -0.05) is 12.2 Å². The van der Waals surface area contributed by atoms with Crippen molar-refractivity contribution in [3.63, 3.8) is 0 Å². The Morgan fingerprint density at radius 2 is 2.00 bits per heavy atom.